The van der Waals surface area contributed by atoms with E-state index in [-0.39, 0.29) is 5.91 Å². The van der Waals surface area contributed by atoms with Gasteiger partial charge >= 0.3 is 0 Å². The SMILES string of the molecule is O=C(CN1CCNCC1)Nc1ccc(-c2nnco2)cc1. The summed E-state index contributed by atoms with van der Waals surface area (Å²) in [6, 6.07) is 7.34. The van der Waals surface area contributed by atoms with Crippen molar-refractivity contribution in [3.63, 3.8) is 0 Å². The Kier molecular flexibility index (Phi) is 4.23. The van der Waals surface area contributed by atoms with Crippen LogP contribution in [-0.4, -0.2) is 53.7 Å². The van der Waals surface area contributed by atoms with Crippen molar-refractivity contribution in [2.24, 2.45) is 0 Å². The average Bonchev–Trinajstić information content (AvgIpc) is 3.03. The predicted octanol–water partition coefficient (Wildman–Crippen LogP) is 0.580. The molecule has 3 rings (SSSR count). The number of nitrogens with one attached hydrogen (secondary N) is 2. The third kappa shape index (κ3) is 3.65. The highest BCUT2D eigenvalue weighted by Gasteiger charge is 2.13. The first-order valence-corrected chi connectivity index (χ1v) is 6.91. The Labute approximate surface area is 122 Å². The van der Waals surface area contributed by atoms with Crippen LogP contribution in [0.1, 0.15) is 0 Å². The van der Waals surface area contributed by atoms with Gasteiger partial charge in [-0.05, 0) is 24.3 Å². The topological polar surface area (TPSA) is 83.3 Å². The molecule has 110 valence electrons. The fourth-order valence-electron chi connectivity index (χ4n) is 2.27. The zero-order valence-corrected chi connectivity index (χ0v) is 11.6. The lowest BCUT2D eigenvalue weighted by Crippen LogP contribution is -2.46. The van der Waals surface area contributed by atoms with Gasteiger partial charge in [-0.15, -0.1) is 10.2 Å². The summed E-state index contributed by atoms with van der Waals surface area (Å²) in [6.07, 6.45) is 1.29. The Balaban J connectivity index is 1.56. The van der Waals surface area contributed by atoms with Crippen LogP contribution in [0.25, 0.3) is 11.5 Å². The molecule has 1 aromatic heterocycles. The van der Waals surface area contributed by atoms with Crippen molar-refractivity contribution in [2.45, 2.75) is 0 Å². The fourth-order valence-corrected chi connectivity index (χ4v) is 2.27. The minimum Gasteiger partial charge on any atom is -0.423 e. The summed E-state index contributed by atoms with van der Waals surface area (Å²) < 4.78 is 5.12. The van der Waals surface area contributed by atoms with Crippen LogP contribution in [0.15, 0.2) is 35.1 Å². The van der Waals surface area contributed by atoms with E-state index < -0.39 is 0 Å². The Hall–Kier alpha value is -2.25. The van der Waals surface area contributed by atoms with Crippen LogP contribution in [-0.2, 0) is 4.79 Å². The molecule has 1 saturated heterocycles. The van der Waals surface area contributed by atoms with E-state index in [1.54, 1.807) is 0 Å². The summed E-state index contributed by atoms with van der Waals surface area (Å²) >= 11 is 0. The monoisotopic (exact) mass is 287 g/mol. The number of anilines is 1. The molecule has 0 radical (unpaired) electrons. The largest absolute Gasteiger partial charge is 0.423 e. The minimum absolute atomic E-state index is 0.00226. The molecule has 7 nitrogen and oxygen atoms in total. The number of hydrogen-bond acceptors (Lipinski definition) is 6. The third-order valence-corrected chi connectivity index (χ3v) is 3.35. The lowest BCUT2D eigenvalue weighted by atomic mass is 10.2. The molecule has 0 spiro atoms. The van der Waals surface area contributed by atoms with Crippen LogP contribution in [0.5, 0.6) is 0 Å². The van der Waals surface area contributed by atoms with Crippen molar-refractivity contribution in [3.8, 4) is 11.5 Å². The molecule has 1 amide bonds. The molecule has 7 heteroatoms. The molecule has 0 unspecified atom stereocenters. The molecule has 1 aliphatic heterocycles. The molecule has 0 saturated carbocycles. The van der Waals surface area contributed by atoms with Crippen LogP contribution in [0, 0.1) is 0 Å². The summed E-state index contributed by atoms with van der Waals surface area (Å²) in [6.45, 7) is 4.11. The van der Waals surface area contributed by atoms with Crippen LogP contribution < -0.4 is 10.6 Å². The summed E-state index contributed by atoms with van der Waals surface area (Å²) in [4.78, 5) is 14.1. The highest BCUT2D eigenvalue weighted by Crippen LogP contribution is 2.18. The van der Waals surface area contributed by atoms with E-state index >= 15 is 0 Å². The van der Waals surface area contributed by atoms with E-state index in [2.05, 4.69) is 25.7 Å². The molecule has 2 heterocycles. The van der Waals surface area contributed by atoms with E-state index in [1.807, 2.05) is 24.3 Å². The number of rotatable bonds is 4. The number of amides is 1. The normalized spacial score (nSPS) is 15.8. The van der Waals surface area contributed by atoms with Gasteiger partial charge in [-0.3, -0.25) is 9.69 Å². The standard InChI is InChI=1S/C14H17N5O2/c20-13(9-19-7-5-15-6-8-19)17-12-3-1-11(2-4-12)14-18-16-10-21-14/h1-4,10,15H,5-9H2,(H,17,20). The van der Waals surface area contributed by atoms with E-state index in [0.29, 0.717) is 12.4 Å². The summed E-state index contributed by atoms with van der Waals surface area (Å²) in [5, 5.41) is 13.6. The van der Waals surface area contributed by atoms with Gasteiger partial charge in [0.1, 0.15) is 0 Å². The number of carbonyl (C=O) groups excluding carboxylic acids is 1. The summed E-state index contributed by atoms with van der Waals surface area (Å²) in [5.41, 5.74) is 1.59. The van der Waals surface area contributed by atoms with Gasteiger partial charge in [-0.25, -0.2) is 0 Å². The number of aromatic nitrogens is 2. The van der Waals surface area contributed by atoms with Crippen molar-refractivity contribution < 1.29 is 9.21 Å². The number of piperazine rings is 1. The predicted molar refractivity (Wildman–Crippen MR) is 77.7 cm³/mol. The third-order valence-electron chi connectivity index (χ3n) is 3.35. The van der Waals surface area contributed by atoms with Crippen molar-refractivity contribution >= 4 is 11.6 Å². The fraction of sp³-hybridized carbons (Fsp3) is 0.357. The molecule has 0 bridgehead atoms. The Morgan fingerprint density at radius 2 is 2.05 bits per heavy atom. The maximum atomic E-state index is 12.0. The number of benzene rings is 1. The van der Waals surface area contributed by atoms with Gasteiger partial charge in [0.15, 0.2) is 0 Å². The van der Waals surface area contributed by atoms with Crippen LogP contribution >= 0.6 is 0 Å². The van der Waals surface area contributed by atoms with Gasteiger partial charge in [-0.1, -0.05) is 0 Å². The molecule has 0 aliphatic carbocycles. The van der Waals surface area contributed by atoms with Crippen molar-refractivity contribution in [1.82, 2.24) is 20.4 Å². The molecule has 1 aromatic carbocycles. The molecular weight excluding hydrogens is 270 g/mol. The van der Waals surface area contributed by atoms with Crippen molar-refractivity contribution in [2.75, 3.05) is 38.0 Å². The Morgan fingerprint density at radius 1 is 1.29 bits per heavy atom. The minimum atomic E-state index is 0.00226. The summed E-state index contributed by atoms with van der Waals surface area (Å²) in [5.74, 6) is 0.469. The van der Waals surface area contributed by atoms with Crippen molar-refractivity contribution in [1.29, 1.82) is 0 Å². The lowest BCUT2D eigenvalue weighted by Gasteiger charge is -2.26. The van der Waals surface area contributed by atoms with Gasteiger partial charge in [0, 0.05) is 37.4 Å². The lowest BCUT2D eigenvalue weighted by molar-refractivity contribution is -0.117. The molecule has 2 aromatic rings. The van der Waals surface area contributed by atoms with E-state index in [4.69, 9.17) is 4.42 Å². The number of nitrogens with zero attached hydrogens (tertiary/aromatic N) is 3. The zero-order valence-electron chi connectivity index (χ0n) is 11.6. The van der Waals surface area contributed by atoms with E-state index in [9.17, 15) is 4.79 Å². The van der Waals surface area contributed by atoms with Crippen LogP contribution in [0.4, 0.5) is 5.69 Å². The maximum absolute atomic E-state index is 12.0. The molecule has 2 N–H and O–H groups in total. The molecule has 0 atom stereocenters. The van der Waals surface area contributed by atoms with Crippen molar-refractivity contribution in [3.05, 3.63) is 30.7 Å². The van der Waals surface area contributed by atoms with Crippen LogP contribution in [0.3, 0.4) is 0 Å². The molecular formula is C14H17N5O2. The maximum Gasteiger partial charge on any atom is 0.247 e. The Morgan fingerprint density at radius 3 is 2.71 bits per heavy atom. The second kappa shape index (κ2) is 6.47. The van der Waals surface area contributed by atoms with Gasteiger partial charge in [0.05, 0.1) is 6.54 Å². The van der Waals surface area contributed by atoms with Gasteiger partial charge < -0.3 is 15.1 Å². The highest BCUT2D eigenvalue weighted by atomic mass is 16.4. The zero-order chi connectivity index (χ0) is 14.5. The summed E-state index contributed by atoms with van der Waals surface area (Å²) in [7, 11) is 0. The van der Waals surface area contributed by atoms with Gasteiger partial charge in [0.2, 0.25) is 18.2 Å². The highest BCUT2D eigenvalue weighted by molar-refractivity contribution is 5.92. The smallest absolute Gasteiger partial charge is 0.247 e. The van der Waals surface area contributed by atoms with E-state index in [1.165, 1.54) is 6.39 Å². The number of hydrogen-bond donors (Lipinski definition) is 2. The second-order valence-electron chi connectivity index (χ2n) is 4.90. The molecule has 1 fully saturated rings. The first-order valence-electron chi connectivity index (χ1n) is 6.91. The Bertz CT molecular complexity index is 576. The first-order chi connectivity index (χ1) is 10.3. The number of carbonyl (C=O) groups is 1. The van der Waals surface area contributed by atoms with Crippen LogP contribution in [0.2, 0.25) is 0 Å². The average molecular weight is 287 g/mol. The van der Waals surface area contributed by atoms with Gasteiger partial charge in [-0.2, -0.15) is 0 Å². The molecule has 21 heavy (non-hydrogen) atoms. The molecule has 1 aliphatic rings. The first kappa shape index (κ1) is 13.7. The quantitative estimate of drug-likeness (QED) is 0.856. The van der Waals surface area contributed by atoms with Gasteiger partial charge in [0.25, 0.3) is 0 Å². The van der Waals surface area contributed by atoms with E-state index in [0.717, 1.165) is 37.4 Å². The second-order valence-corrected chi connectivity index (χ2v) is 4.90.